The van der Waals surface area contributed by atoms with Crippen molar-refractivity contribution in [3.8, 4) is 0 Å². The number of halogens is 1. The number of aryl methyl sites for hydroxylation is 1. The number of carbonyl (C=O) groups excluding carboxylic acids is 1. The van der Waals surface area contributed by atoms with Gasteiger partial charge in [-0.15, -0.1) is 0 Å². The van der Waals surface area contributed by atoms with Gasteiger partial charge in [0.25, 0.3) is 0 Å². The summed E-state index contributed by atoms with van der Waals surface area (Å²) >= 11 is 3.49. The molecule has 0 saturated carbocycles. The summed E-state index contributed by atoms with van der Waals surface area (Å²) in [7, 11) is -3.08. The quantitative estimate of drug-likeness (QED) is 0.789. The molecule has 1 aliphatic heterocycles. The van der Waals surface area contributed by atoms with Gasteiger partial charge in [0.1, 0.15) is 9.84 Å². The predicted octanol–water partition coefficient (Wildman–Crippen LogP) is 1.84. The number of hydrogen-bond donors (Lipinski definition) is 0. The first kappa shape index (κ1) is 17.3. The number of anilines is 1. The van der Waals surface area contributed by atoms with Gasteiger partial charge in [-0.1, -0.05) is 15.9 Å². The van der Waals surface area contributed by atoms with Crippen LogP contribution in [0.25, 0.3) is 0 Å². The highest BCUT2D eigenvalue weighted by atomic mass is 79.9. The van der Waals surface area contributed by atoms with Gasteiger partial charge in [-0.3, -0.25) is 4.79 Å². The predicted molar refractivity (Wildman–Crippen MR) is 92.0 cm³/mol. The first-order chi connectivity index (χ1) is 10.3. The minimum absolute atomic E-state index is 0.0715. The highest BCUT2D eigenvalue weighted by Gasteiger charge is 2.22. The van der Waals surface area contributed by atoms with Crippen LogP contribution in [0, 0.1) is 6.92 Å². The molecule has 0 aliphatic carbocycles. The van der Waals surface area contributed by atoms with E-state index in [1.807, 2.05) is 6.07 Å². The smallest absolute Gasteiger partial charge is 0.223 e. The molecule has 0 atom stereocenters. The lowest BCUT2D eigenvalue weighted by Gasteiger charge is -2.36. The van der Waals surface area contributed by atoms with E-state index < -0.39 is 9.84 Å². The molecular formula is C15H21BrN2O3S. The van der Waals surface area contributed by atoms with Crippen LogP contribution in [0.4, 0.5) is 5.69 Å². The van der Waals surface area contributed by atoms with Crippen LogP contribution in [-0.2, 0) is 14.6 Å². The maximum Gasteiger partial charge on any atom is 0.223 e. The van der Waals surface area contributed by atoms with Gasteiger partial charge >= 0.3 is 0 Å². The van der Waals surface area contributed by atoms with Crippen molar-refractivity contribution >= 4 is 37.4 Å². The summed E-state index contributed by atoms with van der Waals surface area (Å²) in [5.41, 5.74) is 2.34. The van der Waals surface area contributed by atoms with Crippen LogP contribution < -0.4 is 4.90 Å². The van der Waals surface area contributed by atoms with E-state index in [-0.39, 0.29) is 18.1 Å². The van der Waals surface area contributed by atoms with Gasteiger partial charge in [-0.25, -0.2) is 8.42 Å². The van der Waals surface area contributed by atoms with Gasteiger partial charge in [0.05, 0.1) is 5.75 Å². The molecule has 7 heteroatoms. The monoisotopic (exact) mass is 388 g/mol. The van der Waals surface area contributed by atoms with Crippen molar-refractivity contribution in [1.82, 2.24) is 4.90 Å². The molecule has 1 aliphatic rings. The topological polar surface area (TPSA) is 57.7 Å². The second-order valence-corrected chi connectivity index (χ2v) is 8.80. The number of amides is 1. The molecule has 1 amide bonds. The zero-order valence-corrected chi connectivity index (χ0v) is 15.3. The molecule has 1 fully saturated rings. The maximum atomic E-state index is 12.0. The highest BCUT2D eigenvalue weighted by molar-refractivity contribution is 9.10. The van der Waals surface area contributed by atoms with Crippen molar-refractivity contribution in [1.29, 1.82) is 0 Å². The van der Waals surface area contributed by atoms with E-state index in [0.29, 0.717) is 13.1 Å². The third-order valence-electron chi connectivity index (χ3n) is 3.83. The van der Waals surface area contributed by atoms with Crippen LogP contribution in [0.5, 0.6) is 0 Å². The van der Waals surface area contributed by atoms with E-state index >= 15 is 0 Å². The van der Waals surface area contributed by atoms with Gasteiger partial charge in [-0.05, 0) is 30.7 Å². The van der Waals surface area contributed by atoms with E-state index in [2.05, 4.69) is 39.9 Å². The molecule has 0 N–H and O–H groups in total. The molecular weight excluding hydrogens is 368 g/mol. The first-order valence-corrected chi connectivity index (χ1v) is 10.1. The third-order valence-corrected chi connectivity index (χ3v) is 5.66. The Labute approximate surface area is 140 Å². The summed E-state index contributed by atoms with van der Waals surface area (Å²) in [5, 5.41) is 0. The van der Waals surface area contributed by atoms with Crippen LogP contribution >= 0.6 is 15.9 Å². The lowest BCUT2D eigenvalue weighted by Crippen LogP contribution is -2.49. The molecule has 2 rings (SSSR count). The van der Waals surface area contributed by atoms with E-state index in [9.17, 15) is 13.2 Å². The highest BCUT2D eigenvalue weighted by Crippen LogP contribution is 2.23. The Balaban J connectivity index is 1.90. The fraction of sp³-hybridized carbons (Fsp3) is 0.533. The van der Waals surface area contributed by atoms with Crippen LogP contribution in [0.2, 0.25) is 0 Å². The number of hydrogen-bond acceptors (Lipinski definition) is 4. The molecule has 22 heavy (non-hydrogen) atoms. The number of carbonyl (C=O) groups is 1. The van der Waals surface area contributed by atoms with Gasteiger partial charge in [0.2, 0.25) is 5.91 Å². The first-order valence-electron chi connectivity index (χ1n) is 7.23. The van der Waals surface area contributed by atoms with Crippen LogP contribution in [0.1, 0.15) is 12.0 Å². The second-order valence-electron chi connectivity index (χ2n) is 5.68. The molecule has 122 valence electrons. The summed E-state index contributed by atoms with van der Waals surface area (Å²) in [5.74, 6) is -0.144. The average Bonchev–Trinajstić information content (AvgIpc) is 2.47. The molecule has 1 aromatic carbocycles. The van der Waals surface area contributed by atoms with Crippen molar-refractivity contribution in [2.45, 2.75) is 13.3 Å². The zero-order valence-electron chi connectivity index (χ0n) is 12.9. The van der Waals surface area contributed by atoms with Gasteiger partial charge < -0.3 is 9.80 Å². The lowest BCUT2D eigenvalue weighted by molar-refractivity contribution is -0.131. The van der Waals surface area contributed by atoms with E-state index in [1.165, 1.54) is 5.56 Å². The van der Waals surface area contributed by atoms with Gasteiger partial charge in [0.15, 0.2) is 0 Å². The average molecular weight is 389 g/mol. The molecule has 0 bridgehead atoms. The van der Waals surface area contributed by atoms with Crippen molar-refractivity contribution < 1.29 is 13.2 Å². The SMILES string of the molecule is Cc1cc(N2CCN(C(=O)CCS(C)(=O)=O)CC2)ccc1Br. The van der Waals surface area contributed by atoms with Crippen LogP contribution in [-0.4, -0.2) is 57.4 Å². The number of rotatable bonds is 4. The normalized spacial score (nSPS) is 16.0. The van der Waals surface area contributed by atoms with Crippen molar-refractivity contribution in [2.24, 2.45) is 0 Å². The fourth-order valence-electron chi connectivity index (χ4n) is 2.47. The second kappa shape index (κ2) is 7.00. The molecule has 5 nitrogen and oxygen atoms in total. The van der Waals surface area contributed by atoms with E-state index in [1.54, 1.807) is 4.90 Å². The fourth-order valence-corrected chi connectivity index (χ4v) is 3.26. The Hall–Kier alpha value is -1.08. The summed E-state index contributed by atoms with van der Waals surface area (Å²) in [6, 6.07) is 6.23. The van der Waals surface area contributed by atoms with Crippen LogP contribution in [0.3, 0.4) is 0 Å². The van der Waals surface area contributed by atoms with Crippen molar-refractivity contribution in [3.63, 3.8) is 0 Å². The molecule has 0 unspecified atom stereocenters. The molecule has 1 heterocycles. The Morgan fingerprint density at radius 3 is 2.41 bits per heavy atom. The van der Waals surface area contributed by atoms with Crippen molar-refractivity contribution in [3.05, 3.63) is 28.2 Å². The number of piperazine rings is 1. The standard InChI is InChI=1S/C15H21BrN2O3S/c1-12-11-13(3-4-14(12)16)17-6-8-18(9-7-17)15(19)5-10-22(2,20)21/h3-4,11H,5-10H2,1-2H3. The summed E-state index contributed by atoms with van der Waals surface area (Å²) in [4.78, 5) is 16.0. The zero-order chi connectivity index (χ0) is 16.3. The minimum atomic E-state index is -3.08. The summed E-state index contributed by atoms with van der Waals surface area (Å²) < 4.78 is 23.4. The molecule has 1 aromatic rings. The summed E-state index contributed by atoms with van der Waals surface area (Å²) in [6.07, 6.45) is 1.24. The lowest BCUT2D eigenvalue weighted by atomic mass is 10.2. The number of sulfone groups is 1. The Bertz CT molecular complexity index is 653. The maximum absolute atomic E-state index is 12.0. The molecule has 0 aromatic heterocycles. The largest absolute Gasteiger partial charge is 0.368 e. The molecule has 0 spiro atoms. The van der Waals surface area contributed by atoms with E-state index in [0.717, 1.165) is 29.5 Å². The Morgan fingerprint density at radius 1 is 1.23 bits per heavy atom. The molecule has 0 radical (unpaired) electrons. The Kier molecular flexibility index (Phi) is 5.50. The van der Waals surface area contributed by atoms with Crippen LogP contribution in [0.15, 0.2) is 22.7 Å². The van der Waals surface area contributed by atoms with E-state index in [4.69, 9.17) is 0 Å². The van der Waals surface area contributed by atoms with Gasteiger partial charge in [0, 0.05) is 49.0 Å². The van der Waals surface area contributed by atoms with Crippen molar-refractivity contribution in [2.75, 3.05) is 43.1 Å². The Morgan fingerprint density at radius 2 is 1.86 bits per heavy atom. The summed E-state index contributed by atoms with van der Waals surface area (Å²) in [6.45, 7) is 4.87. The number of benzene rings is 1. The number of nitrogens with zero attached hydrogens (tertiary/aromatic N) is 2. The third kappa shape index (κ3) is 4.71. The molecule has 1 saturated heterocycles. The minimum Gasteiger partial charge on any atom is -0.368 e. The van der Waals surface area contributed by atoms with Gasteiger partial charge in [-0.2, -0.15) is 0 Å².